The molecule has 0 saturated heterocycles. The number of esters is 4. The van der Waals surface area contributed by atoms with E-state index in [0.717, 1.165) is 102 Å². The Morgan fingerprint density at radius 2 is 0.489 bits per heavy atom. The normalized spacial score (nSPS) is 14.0. The van der Waals surface area contributed by atoms with Crippen LogP contribution in [0.1, 0.15) is 388 Å². The highest BCUT2D eigenvalue weighted by Crippen LogP contribution is 2.45. The van der Waals surface area contributed by atoms with Crippen LogP contribution in [0.5, 0.6) is 0 Å². The van der Waals surface area contributed by atoms with Crippen LogP contribution in [0.3, 0.4) is 0 Å². The summed E-state index contributed by atoms with van der Waals surface area (Å²) in [6.07, 6.45) is 54.2. The van der Waals surface area contributed by atoms with Crippen molar-refractivity contribution in [3.8, 4) is 0 Å². The molecule has 0 saturated carbocycles. The van der Waals surface area contributed by atoms with Gasteiger partial charge in [0.2, 0.25) is 0 Å². The number of aliphatic hydroxyl groups is 1. The van der Waals surface area contributed by atoms with Crippen LogP contribution in [-0.4, -0.2) is 96.7 Å². The minimum Gasteiger partial charge on any atom is -0.462 e. The van der Waals surface area contributed by atoms with Crippen LogP contribution in [0.15, 0.2) is 0 Å². The lowest BCUT2D eigenvalue weighted by Crippen LogP contribution is -2.30. The number of carbonyl (C=O) groups excluding carboxylic acids is 4. The monoisotopic (exact) mass is 1380 g/mol. The predicted molar refractivity (Wildman–Crippen MR) is 381 cm³/mol. The molecule has 0 amide bonds. The Labute approximate surface area is 575 Å². The SMILES string of the molecule is CCCCCCCCCCCCCCCCCCCC(=O)O[C@H](COC(=O)CCCCCCCCCCCCCCCCC)COP(=O)(O)OC[C@@H](O)COP(=O)(O)OC[C@@H](COC(=O)CCCCCCCCCC(C)C)OC(=O)CCCCCCCCCCCC(C)C. The molecule has 558 valence electrons. The first kappa shape index (κ1) is 92.1. The number of phosphoric ester groups is 2. The lowest BCUT2D eigenvalue weighted by molar-refractivity contribution is -0.161. The van der Waals surface area contributed by atoms with Crippen LogP contribution in [0.4, 0.5) is 0 Å². The van der Waals surface area contributed by atoms with Gasteiger partial charge in [-0.15, -0.1) is 0 Å². The fourth-order valence-corrected chi connectivity index (χ4v) is 13.1. The average molecular weight is 1380 g/mol. The van der Waals surface area contributed by atoms with E-state index in [-0.39, 0.29) is 25.7 Å². The van der Waals surface area contributed by atoms with E-state index in [1.165, 1.54) is 199 Å². The van der Waals surface area contributed by atoms with Gasteiger partial charge in [0.05, 0.1) is 26.4 Å². The van der Waals surface area contributed by atoms with Gasteiger partial charge >= 0.3 is 39.5 Å². The molecule has 94 heavy (non-hydrogen) atoms. The van der Waals surface area contributed by atoms with Crippen molar-refractivity contribution < 1.29 is 80.2 Å². The van der Waals surface area contributed by atoms with Gasteiger partial charge in [-0.1, -0.05) is 337 Å². The number of phosphoric acid groups is 2. The van der Waals surface area contributed by atoms with Crippen molar-refractivity contribution in [2.45, 2.75) is 407 Å². The molecule has 0 aliphatic carbocycles. The Morgan fingerprint density at radius 1 is 0.287 bits per heavy atom. The van der Waals surface area contributed by atoms with E-state index in [2.05, 4.69) is 41.5 Å². The van der Waals surface area contributed by atoms with E-state index in [1.807, 2.05) is 0 Å². The summed E-state index contributed by atoms with van der Waals surface area (Å²) in [6, 6.07) is 0. The summed E-state index contributed by atoms with van der Waals surface area (Å²) in [5.74, 6) is -0.676. The van der Waals surface area contributed by atoms with E-state index in [4.69, 9.17) is 37.0 Å². The zero-order chi connectivity index (χ0) is 69.3. The number of carbonyl (C=O) groups is 4. The first-order chi connectivity index (χ1) is 45.4. The molecule has 0 aliphatic heterocycles. The largest absolute Gasteiger partial charge is 0.472 e. The number of hydrogen-bond acceptors (Lipinski definition) is 15. The van der Waals surface area contributed by atoms with Gasteiger partial charge in [-0.3, -0.25) is 37.3 Å². The van der Waals surface area contributed by atoms with Gasteiger partial charge in [0.15, 0.2) is 12.2 Å². The lowest BCUT2D eigenvalue weighted by Gasteiger charge is -2.21. The molecule has 0 aliphatic rings. The standard InChI is InChI=1S/C75H146O17P2/c1-7-9-11-13-15-17-19-21-23-24-26-28-30-34-40-47-53-59-74(79)91-70(63-85-72(77)57-51-45-39-33-29-27-25-22-20-18-16-14-12-10-8-2)65-89-93(81,82)87-61-69(76)62-88-94(83,84)90-66-71(64-86-73(78)58-52-46-42-36-38-44-50-56-68(5)6)92-75(80)60-54-48-41-35-31-32-37-43-49-55-67(3)4/h67-71,76H,7-66H2,1-6H3,(H,81,82)(H,83,84)/t69-,70-,71-/m1/s1. The van der Waals surface area contributed by atoms with Crippen LogP contribution < -0.4 is 0 Å². The zero-order valence-electron chi connectivity index (χ0n) is 61.3. The first-order valence-electron chi connectivity index (χ1n) is 39.0. The van der Waals surface area contributed by atoms with Crippen LogP contribution in [0.2, 0.25) is 0 Å². The maximum atomic E-state index is 13.1. The van der Waals surface area contributed by atoms with Crippen LogP contribution in [0, 0.1) is 11.8 Å². The van der Waals surface area contributed by atoms with Gasteiger partial charge in [-0.25, -0.2) is 9.13 Å². The van der Waals surface area contributed by atoms with Crippen molar-refractivity contribution in [3.05, 3.63) is 0 Å². The molecule has 0 aromatic heterocycles. The maximum Gasteiger partial charge on any atom is 0.472 e. The Balaban J connectivity index is 5.24. The van der Waals surface area contributed by atoms with Crippen LogP contribution >= 0.6 is 15.6 Å². The van der Waals surface area contributed by atoms with Crippen molar-refractivity contribution in [2.75, 3.05) is 39.6 Å². The summed E-state index contributed by atoms with van der Waals surface area (Å²) in [7, 11) is -9.91. The third kappa shape index (κ3) is 68.6. The summed E-state index contributed by atoms with van der Waals surface area (Å²) in [6.45, 7) is 9.51. The highest BCUT2D eigenvalue weighted by molar-refractivity contribution is 7.47. The van der Waals surface area contributed by atoms with Crippen molar-refractivity contribution in [2.24, 2.45) is 11.8 Å². The van der Waals surface area contributed by atoms with Gasteiger partial charge in [-0.2, -0.15) is 0 Å². The fraction of sp³-hybridized carbons (Fsp3) is 0.947. The summed E-state index contributed by atoms with van der Waals surface area (Å²) >= 11 is 0. The first-order valence-corrected chi connectivity index (χ1v) is 42.0. The van der Waals surface area contributed by atoms with Gasteiger partial charge in [0, 0.05) is 25.7 Å². The third-order valence-corrected chi connectivity index (χ3v) is 19.4. The minimum absolute atomic E-state index is 0.105. The number of ether oxygens (including phenoxy) is 4. The Hall–Kier alpha value is -1.94. The second-order valence-corrected chi connectivity index (χ2v) is 30.9. The predicted octanol–water partition coefficient (Wildman–Crippen LogP) is 21.9. The van der Waals surface area contributed by atoms with Crippen LogP contribution in [-0.2, 0) is 65.4 Å². The molecule has 0 aromatic rings. The Kier molecular flexibility index (Phi) is 65.5. The molecular weight excluding hydrogens is 1230 g/mol. The highest BCUT2D eigenvalue weighted by atomic mass is 31.2. The van der Waals surface area contributed by atoms with E-state index >= 15 is 0 Å². The third-order valence-electron chi connectivity index (χ3n) is 17.5. The summed E-state index contributed by atoms with van der Waals surface area (Å²) in [5, 5.41) is 10.6. The number of rotatable bonds is 74. The average Bonchev–Trinajstić information content (AvgIpc) is 1.76. The molecule has 0 radical (unpaired) electrons. The Morgan fingerprint density at radius 3 is 0.723 bits per heavy atom. The van der Waals surface area contributed by atoms with Gasteiger partial charge in [0.1, 0.15) is 19.3 Å². The topological polar surface area (TPSA) is 237 Å². The van der Waals surface area contributed by atoms with E-state index in [1.54, 1.807) is 0 Å². The Bertz CT molecular complexity index is 1820. The van der Waals surface area contributed by atoms with Crippen molar-refractivity contribution in [1.82, 2.24) is 0 Å². The number of unbranched alkanes of at least 4 members (excludes halogenated alkanes) is 44. The van der Waals surface area contributed by atoms with E-state index in [0.29, 0.717) is 31.6 Å². The van der Waals surface area contributed by atoms with E-state index in [9.17, 15) is 43.2 Å². The smallest absolute Gasteiger partial charge is 0.462 e. The summed E-state index contributed by atoms with van der Waals surface area (Å²) in [4.78, 5) is 72.8. The number of aliphatic hydroxyl groups excluding tert-OH is 1. The molecular formula is C75H146O17P2. The van der Waals surface area contributed by atoms with Gasteiger partial charge < -0.3 is 33.8 Å². The van der Waals surface area contributed by atoms with Crippen molar-refractivity contribution in [3.63, 3.8) is 0 Å². The number of hydrogen-bond donors (Lipinski definition) is 3. The lowest BCUT2D eigenvalue weighted by atomic mass is 10.0. The summed E-state index contributed by atoms with van der Waals surface area (Å²) in [5.41, 5.74) is 0. The molecule has 0 aromatic carbocycles. The second-order valence-electron chi connectivity index (χ2n) is 28.0. The van der Waals surface area contributed by atoms with Gasteiger partial charge in [-0.05, 0) is 37.5 Å². The molecule has 5 atom stereocenters. The minimum atomic E-state index is -4.96. The molecule has 0 spiro atoms. The highest BCUT2D eigenvalue weighted by Gasteiger charge is 2.30. The molecule has 0 bridgehead atoms. The fourth-order valence-electron chi connectivity index (χ4n) is 11.5. The summed E-state index contributed by atoms with van der Waals surface area (Å²) < 4.78 is 68.5. The maximum absolute atomic E-state index is 13.1. The molecule has 2 unspecified atom stereocenters. The quantitative estimate of drug-likeness (QED) is 0.0222. The van der Waals surface area contributed by atoms with Crippen molar-refractivity contribution in [1.29, 1.82) is 0 Å². The second kappa shape index (κ2) is 66.9. The molecule has 0 heterocycles. The molecule has 17 nitrogen and oxygen atoms in total. The molecule has 3 N–H and O–H groups in total. The molecule has 0 rings (SSSR count). The molecule has 0 fully saturated rings. The van der Waals surface area contributed by atoms with Gasteiger partial charge in [0.25, 0.3) is 0 Å². The van der Waals surface area contributed by atoms with Crippen molar-refractivity contribution >= 4 is 39.5 Å². The molecule has 19 heteroatoms. The van der Waals surface area contributed by atoms with E-state index < -0.39 is 97.5 Å². The zero-order valence-corrected chi connectivity index (χ0v) is 63.1. The van der Waals surface area contributed by atoms with Crippen LogP contribution in [0.25, 0.3) is 0 Å².